The van der Waals surface area contributed by atoms with Gasteiger partial charge < -0.3 is 15.8 Å². The summed E-state index contributed by atoms with van der Waals surface area (Å²) >= 11 is 3.49. The highest BCUT2D eigenvalue weighted by atomic mass is 79.9. The van der Waals surface area contributed by atoms with Gasteiger partial charge in [0.05, 0.1) is 5.52 Å². The fourth-order valence-electron chi connectivity index (χ4n) is 1.54. The largest absolute Gasteiger partial charge is 0.506 e. The summed E-state index contributed by atoms with van der Waals surface area (Å²) in [6.07, 6.45) is 0.773. The first-order valence-electron chi connectivity index (χ1n) is 4.42. The van der Waals surface area contributed by atoms with E-state index in [2.05, 4.69) is 20.9 Å². The Morgan fingerprint density at radius 1 is 1.43 bits per heavy atom. The molecule has 0 atom stereocenters. The minimum absolute atomic E-state index is 0.270. The van der Waals surface area contributed by atoms with Gasteiger partial charge in [-0.05, 0) is 28.5 Å². The summed E-state index contributed by atoms with van der Waals surface area (Å²) in [5.74, 6) is 0.270. The Morgan fingerprint density at radius 3 is 2.86 bits per heavy atom. The predicted molar refractivity (Wildman–Crippen MR) is 60.4 cm³/mol. The topological polar surface area (TPSA) is 62.0 Å². The first kappa shape index (κ1) is 9.55. The molecule has 0 radical (unpaired) electrons. The van der Waals surface area contributed by atoms with Crippen LogP contribution in [0.3, 0.4) is 0 Å². The third-order valence-electron chi connectivity index (χ3n) is 2.21. The van der Waals surface area contributed by atoms with Gasteiger partial charge in [-0.15, -0.1) is 0 Å². The van der Waals surface area contributed by atoms with Crippen LogP contribution in [0.15, 0.2) is 22.7 Å². The zero-order valence-electron chi connectivity index (χ0n) is 7.55. The van der Waals surface area contributed by atoms with Crippen molar-refractivity contribution < 1.29 is 5.11 Å². The van der Waals surface area contributed by atoms with Crippen molar-refractivity contribution in [2.75, 3.05) is 6.54 Å². The van der Waals surface area contributed by atoms with Gasteiger partial charge in [0.2, 0.25) is 0 Å². The number of fused-ring (bicyclic) bond motifs is 1. The molecule has 0 aliphatic heterocycles. The number of aromatic amines is 1. The number of hydrogen-bond donors (Lipinski definition) is 3. The summed E-state index contributed by atoms with van der Waals surface area (Å²) in [6, 6.07) is 5.44. The van der Waals surface area contributed by atoms with Crippen LogP contribution < -0.4 is 5.73 Å². The van der Waals surface area contributed by atoms with Crippen LogP contribution in [0.4, 0.5) is 0 Å². The van der Waals surface area contributed by atoms with Crippen LogP contribution in [0, 0.1) is 0 Å². The Hall–Kier alpha value is -1.00. The lowest BCUT2D eigenvalue weighted by Gasteiger charge is -1.93. The molecule has 0 bridgehead atoms. The van der Waals surface area contributed by atoms with Crippen LogP contribution in [-0.2, 0) is 6.42 Å². The number of halogens is 1. The van der Waals surface area contributed by atoms with E-state index in [4.69, 9.17) is 5.73 Å². The number of phenols is 1. The summed E-state index contributed by atoms with van der Waals surface area (Å²) in [6.45, 7) is 0.589. The van der Waals surface area contributed by atoms with Crippen LogP contribution in [0.5, 0.6) is 5.75 Å². The lowest BCUT2D eigenvalue weighted by Crippen LogP contribution is -2.03. The van der Waals surface area contributed by atoms with Crippen molar-refractivity contribution in [2.24, 2.45) is 5.73 Å². The molecule has 4 N–H and O–H groups in total. The first-order valence-corrected chi connectivity index (χ1v) is 5.21. The maximum absolute atomic E-state index is 9.59. The van der Waals surface area contributed by atoms with Gasteiger partial charge >= 0.3 is 0 Å². The number of para-hydroxylation sites is 1. The lowest BCUT2D eigenvalue weighted by molar-refractivity contribution is 0.480. The van der Waals surface area contributed by atoms with Gasteiger partial charge in [0.1, 0.15) is 5.75 Å². The molecule has 0 amide bonds. The first-order chi connectivity index (χ1) is 6.74. The number of H-pyrrole nitrogens is 1. The van der Waals surface area contributed by atoms with Crippen molar-refractivity contribution in [1.82, 2.24) is 4.98 Å². The van der Waals surface area contributed by atoms with Crippen LogP contribution in [0.2, 0.25) is 0 Å². The fraction of sp³-hybridized carbons (Fsp3) is 0.200. The molecule has 0 spiro atoms. The average molecular weight is 255 g/mol. The van der Waals surface area contributed by atoms with E-state index in [1.807, 2.05) is 12.1 Å². The van der Waals surface area contributed by atoms with Gasteiger partial charge in [-0.3, -0.25) is 0 Å². The monoisotopic (exact) mass is 254 g/mol. The SMILES string of the molecule is NCCc1[nH]c2c(O)cccc2c1Br. The van der Waals surface area contributed by atoms with Crippen LogP contribution >= 0.6 is 15.9 Å². The summed E-state index contributed by atoms with van der Waals surface area (Å²) < 4.78 is 0.994. The molecule has 3 nitrogen and oxygen atoms in total. The molecule has 0 saturated carbocycles. The number of rotatable bonds is 2. The van der Waals surface area contributed by atoms with Crippen molar-refractivity contribution >= 4 is 26.8 Å². The molecular weight excluding hydrogens is 244 g/mol. The second-order valence-corrected chi connectivity index (χ2v) is 3.95. The molecule has 0 fully saturated rings. The highest BCUT2D eigenvalue weighted by molar-refractivity contribution is 9.10. The summed E-state index contributed by atoms with van der Waals surface area (Å²) in [5.41, 5.74) is 7.28. The number of aromatic hydroxyl groups is 1. The molecule has 4 heteroatoms. The minimum atomic E-state index is 0.270. The van der Waals surface area contributed by atoms with E-state index in [-0.39, 0.29) is 5.75 Å². The molecule has 0 unspecified atom stereocenters. The third-order valence-corrected chi connectivity index (χ3v) is 3.12. The quantitative estimate of drug-likeness (QED) is 0.769. The second-order valence-electron chi connectivity index (χ2n) is 3.16. The van der Waals surface area contributed by atoms with Gasteiger partial charge in [-0.25, -0.2) is 0 Å². The van der Waals surface area contributed by atoms with E-state index in [9.17, 15) is 5.11 Å². The van der Waals surface area contributed by atoms with Crippen LogP contribution in [0.25, 0.3) is 10.9 Å². The molecule has 14 heavy (non-hydrogen) atoms. The maximum atomic E-state index is 9.59. The number of aromatic nitrogens is 1. The Morgan fingerprint density at radius 2 is 2.21 bits per heavy atom. The van der Waals surface area contributed by atoms with Crippen molar-refractivity contribution in [2.45, 2.75) is 6.42 Å². The molecule has 0 saturated heterocycles. The standard InChI is InChI=1S/C10H11BrN2O/c11-9-6-2-1-3-8(14)10(6)13-7(9)4-5-12/h1-3,13-14H,4-5,12H2. The molecular formula is C10H11BrN2O. The zero-order chi connectivity index (χ0) is 10.1. The number of phenolic OH excluding ortho intramolecular Hbond substituents is 1. The molecule has 0 aliphatic rings. The zero-order valence-corrected chi connectivity index (χ0v) is 9.13. The predicted octanol–water partition coefficient (Wildman–Crippen LogP) is 2.14. The van der Waals surface area contributed by atoms with Gasteiger partial charge in [-0.1, -0.05) is 12.1 Å². The molecule has 2 rings (SSSR count). The Kier molecular flexibility index (Phi) is 2.48. The van der Waals surface area contributed by atoms with E-state index >= 15 is 0 Å². The molecule has 2 aromatic rings. The van der Waals surface area contributed by atoms with Gasteiger partial charge in [-0.2, -0.15) is 0 Å². The maximum Gasteiger partial charge on any atom is 0.139 e. The summed E-state index contributed by atoms with van der Waals surface area (Å²) in [7, 11) is 0. The van der Waals surface area contributed by atoms with Gasteiger partial charge in [0.25, 0.3) is 0 Å². The smallest absolute Gasteiger partial charge is 0.139 e. The average Bonchev–Trinajstić information content (AvgIpc) is 2.48. The van der Waals surface area contributed by atoms with Crippen molar-refractivity contribution in [3.63, 3.8) is 0 Å². The number of benzene rings is 1. The minimum Gasteiger partial charge on any atom is -0.506 e. The number of hydrogen-bond acceptors (Lipinski definition) is 2. The van der Waals surface area contributed by atoms with E-state index < -0.39 is 0 Å². The van der Waals surface area contributed by atoms with Crippen LogP contribution in [-0.4, -0.2) is 16.6 Å². The van der Waals surface area contributed by atoms with E-state index in [0.717, 1.165) is 27.5 Å². The Balaban J connectivity index is 2.67. The van der Waals surface area contributed by atoms with Crippen LogP contribution in [0.1, 0.15) is 5.69 Å². The van der Waals surface area contributed by atoms with E-state index in [1.165, 1.54) is 0 Å². The Bertz CT molecular complexity index is 464. The fourth-order valence-corrected chi connectivity index (χ4v) is 2.17. The highest BCUT2D eigenvalue weighted by Gasteiger charge is 2.10. The third kappa shape index (κ3) is 1.40. The van der Waals surface area contributed by atoms with E-state index in [1.54, 1.807) is 6.07 Å². The summed E-state index contributed by atoms with van der Waals surface area (Å²) in [5, 5.41) is 10.6. The normalized spacial score (nSPS) is 11.0. The molecule has 1 aromatic carbocycles. The second kappa shape index (κ2) is 3.63. The van der Waals surface area contributed by atoms with Crippen molar-refractivity contribution in [1.29, 1.82) is 0 Å². The van der Waals surface area contributed by atoms with Gasteiger partial charge in [0, 0.05) is 22.0 Å². The molecule has 74 valence electrons. The molecule has 1 aromatic heterocycles. The number of nitrogens with one attached hydrogen (secondary N) is 1. The molecule has 0 aliphatic carbocycles. The van der Waals surface area contributed by atoms with Gasteiger partial charge in [0.15, 0.2) is 0 Å². The lowest BCUT2D eigenvalue weighted by atomic mass is 10.2. The summed E-state index contributed by atoms with van der Waals surface area (Å²) in [4.78, 5) is 3.16. The Labute approximate surface area is 90.1 Å². The molecule has 1 heterocycles. The van der Waals surface area contributed by atoms with Crippen molar-refractivity contribution in [3.8, 4) is 5.75 Å². The number of nitrogens with two attached hydrogens (primary N) is 1. The highest BCUT2D eigenvalue weighted by Crippen LogP contribution is 2.32. The van der Waals surface area contributed by atoms with Crippen molar-refractivity contribution in [3.05, 3.63) is 28.4 Å². The van der Waals surface area contributed by atoms with E-state index in [0.29, 0.717) is 6.54 Å².